The molecular formula is C26H26ClIN6O4. The van der Waals surface area contributed by atoms with Gasteiger partial charge in [-0.15, -0.1) is 0 Å². The number of amidine groups is 1. The van der Waals surface area contributed by atoms with Crippen LogP contribution in [0.25, 0.3) is 11.0 Å². The highest BCUT2D eigenvalue weighted by molar-refractivity contribution is 14.1. The fourth-order valence-corrected chi connectivity index (χ4v) is 5.53. The largest absolute Gasteiger partial charge is 0.449 e. The molecule has 0 unspecified atom stereocenters. The van der Waals surface area contributed by atoms with Crippen LogP contribution in [0.1, 0.15) is 54.6 Å². The first kappa shape index (κ1) is 26.4. The minimum Gasteiger partial charge on any atom is -0.449 e. The first-order valence-corrected chi connectivity index (χ1v) is 13.7. The molecule has 0 radical (unpaired) electrons. The lowest BCUT2D eigenvalue weighted by atomic mass is 9.84. The third-order valence-corrected chi connectivity index (χ3v) is 7.86. The van der Waals surface area contributed by atoms with Crippen LogP contribution in [-0.2, 0) is 9.59 Å². The van der Waals surface area contributed by atoms with Crippen LogP contribution in [0.3, 0.4) is 0 Å². The summed E-state index contributed by atoms with van der Waals surface area (Å²) < 4.78 is 9.90. The normalized spacial score (nSPS) is 20.1. The standard InChI is InChI=1S/C26H26ClIN6O4/c27-16-6-10-20(30-13-16)31-26(37)23-22(18-12-15(24(29)33-28)5-9-19(18)38-23)32-25(36)14-3-7-17(8-4-14)34-11-1-2-21(34)35/h5-6,9-10,12-14,17H,1-4,7-8,11H2,(H2,29,33)(H,32,36)(H,30,31,37). The number of nitrogens with two attached hydrogens (primary N) is 1. The van der Waals surface area contributed by atoms with E-state index in [1.807, 2.05) is 27.8 Å². The summed E-state index contributed by atoms with van der Waals surface area (Å²) >= 11 is 7.71. The van der Waals surface area contributed by atoms with Crippen molar-refractivity contribution in [2.75, 3.05) is 17.2 Å². The monoisotopic (exact) mass is 648 g/mol. The molecule has 0 atom stereocenters. The lowest BCUT2D eigenvalue weighted by Gasteiger charge is -2.34. The third kappa shape index (κ3) is 5.48. The number of hydrogen-bond acceptors (Lipinski definition) is 6. The lowest BCUT2D eigenvalue weighted by Crippen LogP contribution is -2.40. The van der Waals surface area contributed by atoms with Crippen molar-refractivity contribution in [3.63, 3.8) is 0 Å². The van der Waals surface area contributed by atoms with E-state index in [0.717, 1.165) is 25.8 Å². The zero-order valence-corrected chi connectivity index (χ0v) is 23.3. The Morgan fingerprint density at radius 1 is 1.16 bits per heavy atom. The fraction of sp³-hybridized carbons (Fsp3) is 0.346. The molecule has 2 fully saturated rings. The number of halogens is 2. The van der Waals surface area contributed by atoms with Gasteiger partial charge in [0.2, 0.25) is 17.6 Å². The molecule has 2 aliphatic rings. The number of benzene rings is 1. The molecular weight excluding hydrogens is 623 g/mol. The number of hydrogen-bond donors (Lipinski definition) is 3. The molecule has 198 valence electrons. The van der Waals surface area contributed by atoms with Crippen LogP contribution in [0.2, 0.25) is 5.02 Å². The van der Waals surface area contributed by atoms with Gasteiger partial charge in [-0.25, -0.2) is 4.98 Å². The van der Waals surface area contributed by atoms with Crippen molar-refractivity contribution in [3.05, 3.63) is 52.9 Å². The highest BCUT2D eigenvalue weighted by Gasteiger charge is 2.34. The molecule has 2 aromatic heterocycles. The average Bonchev–Trinajstić information content (AvgIpc) is 3.52. The van der Waals surface area contributed by atoms with Crippen LogP contribution in [-0.4, -0.2) is 46.0 Å². The smallest absolute Gasteiger partial charge is 0.294 e. The van der Waals surface area contributed by atoms with Gasteiger partial charge in [-0.2, -0.15) is 3.21 Å². The first-order valence-electron chi connectivity index (χ1n) is 12.4. The SMILES string of the molecule is NC(=NI)c1ccc2oc(C(=O)Nc3ccc(Cl)cn3)c(NC(=O)C3CCC(N4CCCC4=O)CC3)c2c1. The van der Waals surface area contributed by atoms with E-state index in [1.54, 1.807) is 30.3 Å². The lowest BCUT2D eigenvalue weighted by molar-refractivity contribution is -0.130. The van der Waals surface area contributed by atoms with Gasteiger partial charge in [-0.05, 0) is 62.4 Å². The Kier molecular flexibility index (Phi) is 7.84. The summed E-state index contributed by atoms with van der Waals surface area (Å²) in [6.45, 7) is 0.800. The molecule has 0 spiro atoms. The molecule has 4 N–H and O–H groups in total. The Morgan fingerprint density at radius 2 is 1.95 bits per heavy atom. The van der Waals surface area contributed by atoms with Gasteiger partial charge in [0, 0.05) is 42.1 Å². The van der Waals surface area contributed by atoms with E-state index in [9.17, 15) is 14.4 Å². The minimum atomic E-state index is -0.570. The molecule has 3 aromatic rings. The maximum Gasteiger partial charge on any atom is 0.294 e. The van der Waals surface area contributed by atoms with Gasteiger partial charge in [-0.3, -0.25) is 14.4 Å². The second kappa shape index (κ2) is 11.3. The predicted molar refractivity (Wildman–Crippen MR) is 153 cm³/mol. The van der Waals surface area contributed by atoms with Crippen molar-refractivity contribution in [1.29, 1.82) is 0 Å². The summed E-state index contributed by atoms with van der Waals surface area (Å²) in [5.41, 5.74) is 7.31. The predicted octanol–water partition coefficient (Wildman–Crippen LogP) is 4.91. The molecule has 10 nitrogen and oxygen atoms in total. The quantitative estimate of drug-likeness (QED) is 0.197. The van der Waals surface area contributed by atoms with Gasteiger partial charge in [0.25, 0.3) is 5.91 Å². The average molecular weight is 649 g/mol. The molecule has 3 amide bonds. The molecule has 1 aromatic carbocycles. The number of carbonyl (C=O) groups excluding carboxylic acids is 3. The number of anilines is 2. The minimum absolute atomic E-state index is 0.0522. The van der Waals surface area contributed by atoms with Crippen molar-refractivity contribution in [3.8, 4) is 0 Å². The van der Waals surface area contributed by atoms with Crippen molar-refractivity contribution >= 4 is 80.5 Å². The van der Waals surface area contributed by atoms with Gasteiger partial charge in [0.1, 0.15) is 22.9 Å². The van der Waals surface area contributed by atoms with Crippen LogP contribution in [0, 0.1) is 5.92 Å². The molecule has 5 rings (SSSR count). The number of amides is 3. The van der Waals surface area contributed by atoms with Crippen LogP contribution < -0.4 is 16.4 Å². The topological polar surface area (TPSA) is 143 Å². The zero-order chi connectivity index (χ0) is 26.8. The molecule has 0 bridgehead atoms. The third-order valence-electron chi connectivity index (χ3n) is 7.12. The molecule has 1 saturated carbocycles. The Labute approximate surface area is 237 Å². The summed E-state index contributed by atoms with van der Waals surface area (Å²) in [6.07, 6.45) is 5.80. The maximum atomic E-state index is 13.4. The number of pyridine rings is 1. The van der Waals surface area contributed by atoms with Gasteiger partial charge >= 0.3 is 0 Å². The van der Waals surface area contributed by atoms with E-state index < -0.39 is 5.91 Å². The second-order valence-corrected chi connectivity index (χ2v) is 10.4. The molecule has 1 aliphatic heterocycles. The van der Waals surface area contributed by atoms with Crippen molar-refractivity contribution in [2.45, 2.75) is 44.6 Å². The summed E-state index contributed by atoms with van der Waals surface area (Å²) in [6, 6.07) is 8.52. The summed E-state index contributed by atoms with van der Waals surface area (Å²) in [7, 11) is 0. The number of aromatic nitrogens is 1. The van der Waals surface area contributed by atoms with Gasteiger partial charge < -0.3 is 25.7 Å². The fourth-order valence-electron chi connectivity index (χ4n) is 5.14. The van der Waals surface area contributed by atoms with Crippen molar-refractivity contribution in [2.24, 2.45) is 14.9 Å². The highest BCUT2D eigenvalue weighted by Crippen LogP contribution is 2.35. The number of carbonyl (C=O) groups is 3. The summed E-state index contributed by atoms with van der Waals surface area (Å²) in [5.74, 6) is -0.265. The highest BCUT2D eigenvalue weighted by atomic mass is 127. The van der Waals surface area contributed by atoms with Gasteiger partial charge in [0.05, 0.1) is 27.9 Å². The van der Waals surface area contributed by atoms with Crippen LogP contribution in [0.5, 0.6) is 0 Å². The maximum absolute atomic E-state index is 13.4. The van der Waals surface area contributed by atoms with Crippen LogP contribution in [0.4, 0.5) is 11.5 Å². The number of likely N-dealkylation sites (tertiary alicyclic amines) is 1. The Morgan fingerprint density at radius 3 is 2.61 bits per heavy atom. The van der Waals surface area contributed by atoms with Gasteiger partial charge in [-0.1, -0.05) is 11.6 Å². The summed E-state index contributed by atoms with van der Waals surface area (Å²) in [4.78, 5) is 44.8. The van der Waals surface area contributed by atoms with E-state index in [0.29, 0.717) is 46.7 Å². The molecule has 38 heavy (non-hydrogen) atoms. The number of fused-ring (bicyclic) bond motifs is 1. The number of nitrogens with zero attached hydrogens (tertiary/aromatic N) is 3. The second-order valence-electron chi connectivity index (χ2n) is 9.49. The molecule has 3 heterocycles. The first-order chi connectivity index (χ1) is 18.3. The molecule has 1 saturated heterocycles. The molecule has 12 heteroatoms. The number of furan rings is 1. The Balaban J connectivity index is 1.40. The Bertz CT molecular complexity index is 1420. The van der Waals surface area contributed by atoms with E-state index in [1.165, 1.54) is 6.20 Å². The van der Waals surface area contributed by atoms with Crippen LogP contribution in [0.15, 0.2) is 44.2 Å². The number of rotatable bonds is 6. The Hall–Kier alpha value is -3.19. The summed E-state index contributed by atoms with van der Waals surface area (Å²) in [5, 5.41) is 6.61. The van der Waals surface area contributed by atoms with E-state index in [4.69, 9.17) is 21.8 Å². The zero-order valence-electron chi connectivity index (χ0n) is 20.4. The molecule has 1 aliphatic carbocycles. The van der Waals surface area contributed by atoms with E-state index in [-0.39, 0.29) is 41.0 Å². The van der Waals surface area contributed by atoms with E-state index >= 15 is 0 Å². The van der Waals surface area contributed by atoms with Crippen molar-refractivity contribution < 1.29 is 18.8 Å². The van der Waals surface area contributed by atoms with Crippen molar-refractivity contribution in [1.82, 2.24) is 9.88 Å². The number of nitrogens with one attached hydrogen (secondary N) is 2. The van der Waals surface area contributed by atoms with Crippen LogP contribution >= 0.6 is 34.5 Å². The van der Waals surface area contributed by atoms with E-state index in [2.05, 4.69) is 18.8 Å². The van der Waals surface area contributed by atoms with Gasteiger partial charge in [0.15, 0.2) is 0 Å².